The Bertz CT molecular complexity index is 314. The number of fused-ring (bicyclic) bond motifs is 1. The second-order valence-electron chi connectivity index (χ2n) is 3.98. The summed E-state index contributed by atoms with van der Waals surface area (Å²) < 4.78 is 0. The fourth-order valence-electron chi connectivity index (χ4n) is 2.16. The van der Waals surface area contributed by atoms with Crippen molar-refractivity contribution in [3.8, 4) is 0 Å². The molecule has 0 saturated carbocycles. The summed E-state index contributed by atoms with van der Waals surface area (Å²) in [5.41, 5.74) is 0. The lowest BCUT2D eigenvalue weighted by atomic mass is 9.96. The molecule has 2 aliphatic heterocycles. The van der Waals surface area contributed by atoms with Gasteiger partial charge in [-0.3, -0.25) is 9.69 Å². The van der Waals surface area contributed by atoms with Crippen LogP contribution >= 0.6 is 11.6 Å². The highest BCUT2D eigenvalue weighted by Gasteiger charge is 2.36. The van der Waals surface area contributed by atoms with Gasteiger partial charge in [-0.1, -0.05) is 12.2 Å². The number of hydrogen-bond donors (Lipinski definition) is 0. The summed E-state index contributed by atoms with van der Waals surface area (Å²) in [5, 5.41) is 0. The van der Waals surface area contributed by atoms with Crippen molar-refractivity contribution >= 4 is 17.4 Å². The molecule has 0 aromatic rings. The maximum atomic E-state index is 12.1. The smallest absolute Gasteiger partial charge is 0.176 e. The molecule has 0 bridgehead atoms. The molecule has 1 fully saturated rings. The van der Waals surface area contributed by atoms with E-state index in [-0.39, 0.29) is 17.9 Å². The van der Waals surface area contributed by atoms with Crippen molar-refractivity contribution in [3.05, 3.63) is 24.4 Å². The lowest BCUT2D eigenvalue weighted by Crippen LogP contribution is -2.58. The topological polar surface area (TPSA) is 23.6 Å². The van der Waals surface area contributed by atoms with Crippen molar-refractivity contribution in [2.45, 2.75) is 18.5 Å². The molecule has 2 rings (SSSR count). The van der Waals surface area contributed by atoms with Crippen LogP contribution in [0.2, 0.25) is 0 Å². The highest BCUT2D eigenvalue weighted by Crippen LogP contribution is 2.21. The molecular weight excluding hydrogens is 212 g/mol. The van der Waals surface area contributed by atoms with Crippen LogP contribution in [0.15, 0.2) is 24.4 Å². The van der Waals surface area contributed by atoms with Crippen LogP contribution in [0.5, 0.6) is 0 Å². The number of rotatable bonds is 2. The SMILES string of the molecule is CN1CN2C=CC=C[C@H]2C(=O)[C@@H]1CCCl. The van der Waals surface area contributed by atoms with Crippen LogP contribution in [-0.4, -0.2) is 47.3 Å². The lowest BCUT2D eigenvalue weighted by Gasteiger charge is -2.43. The van der Waals surface area contributed by atoms with Gasteiger partial charge in [-0.15, -0.1) is 11.6 Å². The Balaban J connectivity index is 2.16. The quantitative estimate of drug-likeness (QED) is 0.662. The van der Waals surface area contributed by atoms with Gasteiger partial charge in [0.15, 0.2) is 5.78 Å². The summed E-state index contributed by atoms with van der Waals surface area (Å²) in [6.45, 7) is 0.790. The molecule has 0 aromatic heterocycles. The summed E-state index contributed by atoms with van der Waals surface area (Å²) in [6, 6.07) is -0.112. The van der Waals surface area contributed by atoms with Crippen LogP contribution in [0, 0.1) is 0 Å². The predicted octanol–water partition coefficient (Wildman–Crippen LogP) is 1.21. The monoisotopic (exact) mass is 226 g/mol. The van der Waals surface area contributed by atoms with Gasteiger partial charge in [0.2, 0.25) is 0 Å². The Hall–Kier alpha value is -0.800. The van der Waals surface area contributed by atoms with Crippen LogP contribution in [-0.2, 0) is 4.79 Å². The minimum absolute atomic E-state index is 0.0279. The van der Waals surface area contributed by atoms with E-state index < -0.39 is 0 Å². The van der Waals surface area contributed by atoms with Gasteiger partial charge in [-0.2, -0.15) is 0 Å². The van der Waals surface area contributed by atoms with Crippen LogP contribution in [0.4, 0.5) is 0 Å². The second kappa shape index (κ2) is 4.37. The Kier molecular flexibility index (Phi) is 3.12. The van der Waals surface area contributed by atoms with Crippen LogP contribution in [0.1, 0.15) is 6.42 Å². The van der Waals surface area contributed by atoms with Gasteiger partial charge in [-0.25, -0.2) is 0 Å². The van der Waals surface area contributed by atoms with E-state index in [1.807, 2.05) is 36.4 Å². The van der Waals surface area contributed by atoms with Gasteiger partial charge in [0.05, 0.1) is 12.7 Å². The Labute approximate surface area is 95.0 Å². The van der Waals surface area contributed by atoms with E-state index in [4.69, 9.17) is 11.6 Å². The highest BCUT2D eigenvalue weighted by atomic mass is 35.5. The molecule has 0 unspecified atom stereocenters. The zero-order valence-corrected chi connectivity index (χ0v) is 9.52. The van der Waals surface area contributed by atoms with Gasteiger partial charge in [0, 0.05) is 12.1 Å². The molecule has 0 radical (unpaired) electrons. The normalized spacial score (nSPS) is 30.8. The molecule has 2 aliphatic rings. The van der Waals surface area contributed by atoms with E-state index >= 15 is 0 Å². The molecule has 4 heteroatoms. The molecule has 2 atom stereocenters. The van der Waals surface area contributed by atoms with Crippen molar-refractivity contribution in [1.82, 2.24) is 9.80 Å². The molecule has 3 nitrogen and oxygen atoms in total. The average Bonchev–Trinajstić information content (AvgIpc) is 2.24. The minimum Gasteiger partial charge on any atom is -0.351 e. The number of likely N-dealkylation sites (N-methyl/N-ethyl adjacent to an activating group) is 1. The summed E-state index contributed by atoms with van der Waals surface area (Å²) in [5.74, 6) is 0.789. The molecule has 0 amide bonds. The van der Waals surface area contributed by atoms with E-state index in [9.17, 15) is 4.79 Å². The average molecular weight is 227 g/mol. The van der Waals surface area contributed by atoms with E-state index in [0.717, 1.165) is 13.1 Å². The van der Waals surface area contributed by atoms with Crippen molar-refractivity contribution in [1.29, 1.82) is 0 Å². The van der Waals surface area contributed by atoms with Crippen molar-refractivity contribution in [2.24, 2.45) is 0 Å². The molecule has 0 aromatic carbocycles. The molecule has 0 spiro atoms. The zero-order valence-electron chi connectivity index (χ0n) is 8.77. The molecule has 1 saturated heterocycles. The number of halogens is 1. The van der Waals surface area contributed by atoms with Gasteiger partial charge >= 0.3 is 0 Å². The lowest BCUT2D eigenvalue weighted by molar-refractivity contribution is -0.133. The van der Waals surface area contributed by atoms with E-state index in [2.05, 4.69) is 4.90 Å². The number of Topliss-reactive ketones (excluding diaryl/α,β-unsaturated/α-hetero) is 1. The Morgan fingerprint density at radius 2 is 2.33 bits per heavy atom. The summed E-state index contributed by atoms with van der Waals surface area (Å²) >= 11 is 5.72. The molecular formula is C11H15ClN2O. The maximum absolute atomic E-state index is 12.1. The third-order valence-corrected chi connectivity index (χ3v) is 3.18. The summed E-state index contributed by atoms with van der Waals surface area (Å²) in [4.78, 5) is 16.2. The fraction of sp³-hybridized carbons (Fsp3) is 0.545. The molecule has 82 valence electrons. The Morgan fingerprint density at radius 1 is 1.53 bits per heavy atom. The number of carbonyl (C=O) groups excluding carboxylic acids is 1. The number of allylic oxidation sites excluding steroid dienone is 2. The summed E-state index contributed by atoms with van der Waals surface area (Å²) in [6.07, 6.45) is 8.55. The largest absolute Gasteiger partial charge is 0.351 e. The first kappa shape index (κ1) is 10.7. The first-order valence-corrected chi connectivity index (χ1v) is 5.68. The number of hydrogen-bond acceptors (Lipinski definition) is 3. The van der Waals surface area contributed by atoms with E-state index in [1.54, 1.807) is 0 Å². The first-order chi connectivity index (χ1) is 7.24. The van der Waals surface area contributed by atoms with Gasteiger partial charge in [0.1, 0.15) is 6.04 Å². The number of alkyl halides is 1. The van der Waals surface area contributed by atoms with E-state index in [1.165, 1.54) is 0 Å². The maximum Gasteiger partial charge on any atom is 0.176 e. The third kappa shape index (κ3) is 1.94. The molecule has 2 heterocycles. The van der Waals surface area contributed by atoms with Crippen LogP contribution in [0.25, 0.3) is 0 Å². The van der Waals surface area contributed by atoms with E-state index in [0.29, 0.717) is 5.88 Å². The molecule has 15 heavy (non-hydrogen) atoms. The molecule has 0 N–H and O–H groups in total. The van der Waals surface area contributed by atoms with Crippen LogP contribution in [0.3, 0.4) is 0 Å². The fourth-order valence-corrected chi connectivity index (χ4v) is 2.37. The number of carbonyl (C=O) groups is 1. The van der Waals surface area contributed by atoms with Crippen LogP contribution < -0.4 is 0 Å². The van der Waals surface area contributed by atoms with Crippen molar-refractivity contribution < 1.29 is 4.79 Å². The molecule has 0 aliphatic carbocycles. The highest BCUT2D eigenvalue weighted by molar-refractivity contribution is 6.18. The third-order valence-electron chi connectivity index (χ3n) is 2.96. The predicted molar refractivity (Wildman–Crippen MR) is 60.7 cm³/mol. The first-order valence-electron chi connectivity index (χ1n) is 5.14. The number of ketones is 1. The van der Waals surface area contributed by atoms with Gasteiger partial charge in [0.25, 0.3) is 0 Å². The summed E-state index contributed by atoms with van der Waals surface area (Å²) in [7, 11) is 1.97. The minimum atomic E-state index is -0.0839. The Morgan fingerprint density at radius 3 is 3.07 bits per heavy atom. The van der Waals surface area contributed by atoms with Gasteiger partial charge in [-0.05, 0) is 19.5 Å². The van der Waals surface area contributed by atoms with Crippen molar-refractivity contribution in [3.63, 3.8) is 0 Å². The number of nitrogens with zero attached hydrogens (tertiary/aromatic N) is 2. The zero-order chi connectivity index (χ0) is 10.8. The standard InChI is InChI=1S/C11H15ClN2O/c1-13-8-14-7-3-2-4-10(14)11(15)9(13)5-6-12/h2-4,7,9-10H,5-6,8H2,1H3/t9-,10-/m0/s1. The second-order valence-corrected chi connectivity index (χ2v) is 4.36. The van der Waals surface area contributed by atoms with Crippen molar-refractivity contribution in [2.75, 3.05) is 19.6 Å². The van der Waals surface area contributed by atoms with Gasteiger partial charge < -0.3 is 4.90 Å².